The van der Waals surface area contributed by atoms with E-state index in [0.717, 1.165) is 25.0 Å². The smallest absolute Gasteiger partial charge is 0.0954 e. The first-order chi connectivity index (χ1) is 7.20. The molecule has 1 fully saturated rings. The molecule has 3 nitrogen and oxygen atoms in total. The minimum Gasteiger partial charge on any atom is -0.391 e. The molecule has 1 aromatic heterocycles. The number of aromatic nitrogens is 2. The van der Waals surface area contributed by atoms with Crippen molar-refractivity contribution < 1.29 is 5.11 Å². The Balaban J connectivity index is 2.24. The highest BCUT2D eigenvalue weighted by Gasteiger charge is 2.24. The van der Waals surface area contributed by atoms with Crippen LogP contribution >= 0.6 is 0 Å². The van der Waals surface area contributed by atoms with E-state index in [4.69, 9.17) is 0 Å². The molecule has 1 aromatic rings. The van der Waals surface area contributed by atoms with Crippen LogP contribution in [0.4, 0.5) is 0 Å². The number of imidazole rings is 1. The lowest BCUT2D eigenvalue weighted by Crippen LogP contribution is -2.23. The van der Waals surface area contributed by atoms with Gasteiger partial charge in [-0.2, -0.15) is 0 Å². The maximum atomic E-state index is 10.1. The molecule has 1 aliphatic carbocycles. The molecule has 0 aromatic carbocycles. The summed E-state index contributed by atoms with van der Waals surface area (Å²) in [6, 6.07) is 0.244. The molecule has 2 rings (SSSR count). The molecule has 2 atom stereocenters. The van der Waals surface area contributed by atoms with Gasteiger partial charge in [0, 0.05) is 5.69 Å². The fraction of sp³-hybridized carbons (Fsp3) is 0.750. The average Bonchev–Trinajstić information content (AvgIpc) is 2.43. The predicted octanol–water partition coefficient (Wildman–Crippen LogP) is 2.37. The monoisotopic (exact) mass is 208 g/mol. The van der Waals surface area contributed by atoms with E-state index in [1.165, 1.54) is 18.5 Å². The molecule has 1 heterocycles. The summed E-state index contributed by atoms with van der Waals surface area (Å²) in [4.78, 5) is 4.31. The standard InChI is InChI=1S/C12H20N2O/c1-9-10(2)14(8-13-9)11-6-4-3-5-7-12(11)15/h8,11-12,15H,3-7H2,1-2H3. The Labute approximate surface area is 91.1 Å². The van der Waals surface area contributed by atoms with Crippen LogP contribution in [0.25, 0.3) is 0 Å². The maximum Gasteiger partial charge on any atom is 0.0954 e. The van der Waals surface area contributed by atoms with Gasteiger partial charge in [-0.3, -0.25) is 0 Å². The van der Waals surface area contributed by atoms with Gasteiger partial charge in [-0.05, 0) is 26.7 Å². The van der Waals surface area contributed by atoms with E-state index in [2.05, 4.69) is 16.5 Å². The summed E-state index contributed by atoms with van der Waals surface area (Å²) >= 11 is 0. The molecule has 0 radical (unpaired) electrons. The summed E-state index contributed by atoms with van der Waals surface area (Å²) in [5.41, 5.74) is 2.27. The Morgan fingerprint density at radius 3 is 2.67 bits per heavy atom. The summed E-state index contributed by atoms with van der Waals surface area (Å²) in [7, 11) is 0. The van der Waals surface area contributed by atoms with E-state index in [1.807, 2.05) is 13.3 Å². The van der Waals surface area contributed by atoms with Crippen molar-refractivity contribution in [3.8, 4) is 0 Å². The number of nitrogens with zero attached hydrogens (tertiary/aromatic N) is 2. The van der Waals surface area contributed by atoms with Crippen molar-refractivity contribution in [1.82, 2.24) is 9.55 Å². The zero-order valence-electron chi connectivity index (χ0n) is 9.61. The van der Waals surface area contributed by atoms with Crippen LogP contribution in [0.15, 0.2) is 6.33 Å². The molecule has 0 amide bonds. The van der Waals surface area contributed by atoms with Crippen molar-refractivity contribution in [2.75, 3.05) is 0 Å². The molecule has 2 unspecified atom stereocenters. The molecule has 1 saturated carbocycles. The lowest BCUT2D eigenvalue weighted by molar-refractivity contribution is 0.104. The minimum absolute atomic E-state index is 0.195. The van der Waals surface area contributed by atoms with Gasteiger partial charge < -0.3 is 9.67 Å². The van der Waals surface area contributed by atoms with Gasteiger partial charge in [0.15, 0.2) is 0 Å². The van der Waals surface area contributed by atoms with Crippen molar-refractivity contribution >= 4 is 0 Å². The molecule has 3 heteroatoms. The largest absolute Gasteiger partial charge is 0.391 e. The SMILES string of the molecule is Cc1ncn(C2CCCCCC2O)c1C. The maximum absolute atomic E-state index is 10.1. The van der Waals surface area contributed by atoms with E-state index in [0.29, 0.717) is 0 Å². The van der Waals surface area contributed by atoms with Crippen LogP contribution in [-0.2, 0) is 0 Å². The van der Waals surface area contributed by atoms with E-state index >= 15 is 0 Å². The zero-order chi connectivity index (χ0) is 10.8. The van der Waals surface area contributed by atoms with Crippen LogP contribution in [0.3, 0.4) is 0 Å². The van der Waals surface area contributed by atoms with Crippen LogP contribution in [-0.4, -0.2) is 20.8 Å². The molecule has 0 aliphatic heterocycles. The molecule has 0 bridgehead atoms. The average molecular weight is 208 g/mol. The van der Waals surface area contributed by atoms with Gasteiger partial charge in [0.2, 0.25) is 0 Å². The molecular weight excluding hydrogens is 188 g/mol. The predicted molar refractivity (Wildman–Crippen MR) is 59.8 cm³/mol. The van der Waals surface area contributed by atoms with Gasteiger partial charge in [0.05, 0.1) is 24.2 Å². The molecule has 1 N–H and O–H groups in total. The van der Waals surface area contributed by atoms with E-state index in [-0.39, 0.29) is 12.1 Å². The van der Waals surface area contributed by atoms with Crippen molar-refractivity contribution in [3.63, 3.8) is 0 Å². The van der Waals surface area contributed by atoms with Crippen molar-refractivity contribution in [2.24, 2.45) is 0 Å². The first-order valence-electron chi connectivity index (χ1n) is 5.88. The molecule has 0 saturated heterocycles. The highest BCUT2D eigenvalue weighted by atomic mass is 16.3. The summed E-state index contributed by atoms with van der Waals surface area (Å²) in [5.74, 6) is 0. The second-order valence-corrected chi connectivity index (χ2v) is 4.60. The molecule has 15 heavy (non-hydrogen) atoms. The summed E-state index contributed by atoms with van der Waals surface area (Å²) in [5, 5.41) is 10.1. The summed E-state index contributed by atoms with van der Waals surface area (Å²) < 4.78 is 2.16. The lowest BCUT2D eigenvalue weighted by atomic mass is 10.1. The third-order valence-electron chi connectivity index (χ3n) is 3.59. The lowest BCUT2D eigenvalue weighted by Gasteiger charge is -2.23. The number of aliphatic hydroxyl groups excluding tert-OH is 1. The van der Waals surface area contributed by atoms with Crippen LogP contribution < -0.4 is 0 Å². The highest BCUT2D eigenvalue weighted by Crippen LogP contribution is 2.28. The fourth-order valence-corrected chi connectivity index (χ4v) is 2.44. The number of aryl methyl sites for hydroxylation is 1. The van der Waals surface area contributed by atoms with Gasteiger partial charge in [-0.15, -0.1) is 0 Å². The number of hydrogen-bond donors (Lipinski definition) is 1. The van der Waals surface area contributed by atoms with E-state index < -0.39 is 0 Å². The molecule has 1 aliphatic rings. The molecule has 0 spiro atoms. The van der Waals surface area contributed by atoms with Crippen LogP contribution in [0.2, 0.25) is 0 Å². The Hall–Kier alpha value is -0.830. The van der Waals surface area contributed by atoms with Crippen LogP contribution in [0.5, 0.6) is 0 Å². The number of rotatable bonds is 1. The van der Waals surface area contributed by atoms with Crippen molar-refractivity contribution in [2.45, 2.75) is 58.1 Å². The van der Waals surface area contributed by atoms with Crippen LogP contribution in [0, 0.1) is 13.8 Å². The zero-order valence-corrected chi connectivity index (χ0v) is 9.61. The Kier molecular flexibility index (Phi) is 3.10. The number of aliphatic hydroxyl groups is 1. The van der Waals surface area contributed by atoms with Crippen molar-refractivity contribution in [1.29, 1.82) is 0 Å². The first kappa shape index (κ1) is 10.7. The molecular formula is C12H20N2O. The first-order valence-corrected chi connectivity index (χ1v) is 5.88. The highest BCUT2D eigenvalue weighted by molar-refractivity contribution is 5.10. The Bertz CT molecular complexity index is 332. The topological polar surface area (TPSA) is 38.0 Å². The van der Waals surface area contributed by atoms with Gasteiger partial charge >= 0.3 is 0 Å². The Morgan fingerprint density at radius 1 is 1.27 bits per heavy atom. The van der Waals surface area contributed by atoms with E-state index in [9.17, 15) is 5.11 Å². The third-order valence-corrected chi connectivity index (χ3v) is 3.59. The number of hydrogen-bond acceptors (Lipinski definition) is 2. The minimum atomic E-state index is -0.195. The second-order valence-electron chi connectivity index (χ2n) is 4.60. The van der Waals surface area contributed by atoms with Gasteiger partial charge in [0.25, 0.3) is 0 Å². The van der Waals surface area contributed by atoms with Gasteiger partial charge in [-0.25, -0.2) is 4.98 Å². The normalized spacial score (nSPS) is 27.7. The summed E-state index contributed by atoms with van der Waals surface area (Å²) in [6.07, 6.45) is 7.33. The van der Waals surface area contributed by atoms with Crippen molar-refractivity contribution in [3.05, 3.63) is 17.7 Å². The molecule has 84 valence electrons. The fourth-order valence-electron chi connectivity index (χ4n) is 2.44. The second kappa shape index (κ2) is 4.35. The van der Waals surface area contributed by atoms with Crippen LogP contribution in [0.1, 0.15) is 49.5 Å². The summed E-state index contributed by atoms with van der Waals surface area (Å²) in [6.45, 7) is 4.11. The Morgan fingerprint density at radius 2 is 2.00 bits per heavy atom. The van der Waals surface area contributed by atoms with Gasteiger partial charge in [-0.1, -0.05) is 19.3 Å². The quantitative estimate of drug-likeness (QED) is 0.719. The van der Waals surface area contributed by atoms with Gasteiger partial charge in [0.1, 0.15) is 0 Å². The third kappa shape index (κ3) is 2.07. The van der Waals surface area contributed by atoms with E-state index in [1.54, 1.807) is 0 Å².